The number of hydrogen-bond donors (Lipinski definition) is 1. The van der Waals surface area contributed by atoms with Gasteiger partial charge in [-0.15, -0.1) is 0 Å². The fraction of sp³-hybridized carbons (Fsp3) is 0.125. The highest BCUT2D eigenvalue weighted by molar-refractivity contribution is 14.1. The average Bonchev–Trinajstić information content (AvgIpc) is 2.07. The molecule has 1 rings (SSSR count). The number of rotatable bonds is 1. The first kappa shape index (κ1) is 9.44. The van der Waals surface area contributed by atoms with E-state index in [0.29, 0.717) is 9.13 Å². The second-order valence-corrected chi connectivity index (χ2v) is 3.42. The van der Waals surface area contributed by atoms with Gasteiger partial charge in [-0.05, 0) is 35.1 Å². The van der Waals surface area contributed by atoms with Gasteiger partial charge in [0.25, 0.3) is 0 Å². The Bertz CT molecular complexity index is 325. The number of halogens is 2. The van der Waals surface area contributed by atoms with E-state index in [1.807, 2.05) is 29.5 Å². The zero-order chi connectivity index (χ0) is 9.14. The standard InChI is InChI=1S/C8H7FINO/c1-5-2-3-6(4-11-12)7(9)8(5)10/h2-4,12H,1H3/b11-4-. The van der Waals surface area contributed by atoms with Gasteiger partial charge in [0.2, 0.25) is 0 Å². The number of benzene rings is 1. The second-order valence-electron chi connectivity index (χ2n) is 2.34. The summed E-state index contributed by atoms with van der Waals surface area (Å²) in [5, 5.41) is 11.0. The summed E-state index contributed by atoms with van der Waals surface area (Å²) in [5.74, 6) is -0.339. The van der Waals surface area contributed by atoms with Crippen molar-refractivity contribution in [2.24, 2.45) is 5.16 Å². The van der Waals surface area contributed by atoms with Crippen LogP contribution in [0.3, 0.4) is 0 Å². The smallest absolute Gasteiger partial charge is 0.145 e. The van der Waals surface area contributed by atoms with Gasteiger partial charge in [0.15, 0.2) is 0 Å². The van der Waals surface area contributed by atoms with E-state index in [0.717, 1.165) is 11.8 Å². The van der Waals surface area contributed by atoms with Gasteiger partial charge < -0.3 is 5.21 Å². The van der Waals surface area contributed by atoms with Crippen LogP contribution in [0.5, 0.6) is 0 Å². The predicted octanol–water partition coefficient (Wildman–Crippen LogP) is 2.55. The van der Waals surface area contributed by atoms with E-state index in [4.69, 9.17) is 5.21 Å². The molecule has 1 aromatic carbocycles. The van der Waals surface area contributed by atoms with Gasteiger partial charge in [-0.25, -0.2) is 4.39 Å². The van der Waals surface area contributed by atoms with Crippen LogP contribution in [-0.2, 0) is 0 Å². The lowest BCUT2D eigenvalue weighted by atomic mass is 10.1. The van der Waals surface area contributed by atoms with Crippen LogP contribution in [0.15, 0.2) is 17.3 Å². The SMILES string of the molecule is Cc1ccc(/C=N\O)c(F)c1I. The molecule has 0 spiro atoms. The fourth-order valence-electron chi connectivity index (χ4n) is 0.823. The molecule has 0 radical (unpaired) electrons. The summed E-state index contributed by atoms with van der Waals surface area (Å²) < 4.78 is 13.8. The summed E-state index contributed by atoms with van der Waals surface area (Å²) in [6.07, 6.45) is 1.08. The minimum atomic E-state index is -0.339. The molecule has 0 saturated carbocycles. The lowest BCUT2D eigenvalue weighted by Gasteiger charge is -2.01. The van der Waals surface area contributed by atoms with E-state index in [-0.39, 0.29) is 5.82 Å². The van der Waals surface area contributed by atoms with Crippen molar-refractivity contribution in [3.63, 3.8) is 0 Å². The molecule has 0 unspecified atom stereocenters. The van der Waals surface area contributed by atoms with Crippen molar-refractivity contribution < 1.29 is 9.60 Å². The highest BCUT2D eigenvalue weighted by Crippen LogP contribution is 2.17. The van der Waals surface area contributed by atoms with Crippen LogP contribution in [0.2, 0.25) is 0 Å². The van der Waals surface area contributed by atoms with Crippen molar-refractivity contribution in [3.05, 3.63) is 32.6 Å². The maximum absolute atomic E-state index is 13.2. The summed E-state index contributed by atoms with van der Waals surface area (Å²) in [5.41, 5.74) is 1.18. The Labute approximate surface area is 83.2 Å². The van der Waals surface area contributed by atoms with E-state index < -0.39 is 0 Å². The van der Waals surface area contributed by atoms with Crippen LogP contribution in [-0.4, -0.2) is 11.4 Å². The lowest BCUT2D eigenvalue weighted by Crippen LogP contribution is -1.94. The quantitative estimate of drug-likeness (QED) is 0.364. The Hall–Kier alpha value is -0.650. The maximum Gasteiger partial charge on any atom is 0.145 e. The van der Waals surface area contributed by atoms with Crippen LogP contribution in [0.25, 0.3) is 0 Å². The van der Waals surface area contributed by atoms with E-state index >= 15 is 0 Å². The number of hydrogen-bond acceptors (Lipinski definition) is 2. The van der Waals surface area contributed by atoms with Gasteiger partial charge in [-0.2, -0.15) is 0 Å². The second kappa shape index (κ2) is 3.84. The van der Waals surface area contributed by atoms with E-state index in [1.54, 1.807) is 12.1 Å². The number of nitrogens with zero attached hydrogens (tertiary/aromatic N) is 1. The Morgan fingerprint density at radius 1 is 1.58 bits per heavy atom. The summed E-state index contributed by atoms with van der Waals surface area (Å²) >= 11 is 1.92. The van der Waals surface area contributed by atoms with Crippen molar-refractivity contribution in [1.82, 2.24) is 0 Å². The Kier molecular flexibility index (Phi) is 3.02. The molecule has 0 amide bonds. The Balaban J connectivity index is 3.26. The molecule has 12 heavy (non-hydrogen) atoms. The zero-order valence-electron chi connectivity index (χ0n) is 6.38. The normalized spacial score (nSPS) is 10.9. The molecule has 0 fully saturated rings. The highest BCUT2D eigenvalue weighted by Gasteiger charge is 2.06. The van der Waals surface area contributed by atoms with Crippen LogP contribution in [0.4, 0.5) is 4.39 Å². The molecular formula is C8H7FINO. The van der Waals surface area contributed by atoms with Crippen molar-refractivity contribution in [2.75, 3.05) is 0 Å². The molecule has 2 nitrogen and oxygen atoms in total. The molecule has 1 N–H and O–H groups in total. The molecule has 0 aliphatic rings. The van der Waals surface area contributed by atoms with Gasteiger partial charge in [-0.1, -0.05) is 17.3 Å². The maximum atomic E-state index is 13.2. The van der Waals surface area contributed by atoms with Gasteiger partial charge in [0, 0.05) is 5.56 Å². The molecule has 0 saturated heterocycles. The Morgan fingerprint density at radius 3 is 2.83 bits per heavy atom. The third kappa shape index (κ3) is 1.74. The largest absolute Gasteiger partial charge is 0.411 e. The predicted molar refractivity (Wildman–Crippen MR) is 53.2 cm³/mol. The van der Waals surface area contributed by atoms with Crippen molar-refractivity contribution in [1.29, 1.82) is 0 Å². The van der Waals surface area contributed by atoms with Crippen LogP contribution >= 0.6 is 22.6 Å². The molecule has 64 valence electrons. The molecule has 0 heterocycles. The molecule has 0 atom stereocenters. The van der Waals surface area contributed by atoms with Crippen molar-refractivity contribution in [2.45, 2.75) is 6.92 Å². The molecule has 1 aromatic rings. The molecule has 4 heteroatoms. The van der Waals surface area contributed by atoms with E-state index in [2.05, 4.69) is 5.16 Å². The Morgan fingerprint density at radius 2 is 2.25 bits per heavy atom. The summed E-state index contributed by atoms with van der Waals surface area (Å²) in [4.78, 5) is 0. The average molecular weight is 279 g/mol. The van der Waals surface area contributed by atoms with Gasteiger partial charge in [0.1, 0.15) is 5.82 Å². The molecule has 0 bridgehead atoms. The molecule has 0 aromatic heterocycles. The van der Waals surface area contributed by atoms with E-state index in [1.165, 1.54) is 0 Å². The number of aryl methyl sites for hydroxylation is 1. The van der Waals surface area contributed by atoms with Crippen LogP contribution in [0.1, 0.15) is 11.1 Å². The summed E-state index contributed by atoms with van der Waals surface area (Å²) in [6, 6.07) is 3.36. The zero-order valence-corrected chi connectivity index (χ0v) is 8.54. The lowest BCUT2D eigenvalue weighted by molar-refractivity contribution is 0.321. The van der Waals surface area contributed by atoms with Crippen molar-refractivity contribution in [3.8, 4) is 0 Å². The first-order chi connectivity index (χ1) is 5.66. The first-order valence-corrected chi connectivity index (χ1v) is 4.36. The minimum Gasteiger partial charge on any atom is -0.411 e. The number of oxime groups is 1. The van der Waals surface area contributed by atoms with Gasteiger partial charge >= 0.3 is 0 Å². The van der Waals surface area contributed by atoms with Crippen LogP contribution in [0, 0.1) is 16.3 Å². The topological polar surface area (TPSA) is 32.6 Å². The summed E-state index contributed by atoms with van der Waals surface area (Å²) in [6.45, 7) is 1.82. The van der Waals surface area contributed by atoms with E-state index in [9.17, 15) is 4.39 Å². The van der Waals surface area contributed by atoms with Crippen LogP contribution < -0.4 is 0 Å². The highest BCUT2D eigenvalue weighted by atomic mass is 127. The van der Waals surface area contributed by atoms with Gasteiger partial charge in [0.05, 0.1) is 9.78 Å². The third-order valence-corrected chi connectivity index (χ3v) is 2.83. The molecule has 0 aliphatic carbocycles. The minimum absolute atomic E-state index is 0.299. The van der Waals surface area contributed by atoms with Crippen molar-refractivity contribution >= 4 is 28.8 Å². The third-order valence-electron chi connectivity index (χ3n) is 1.50. The first-order valence-electron chi connectivity index (χ1n) is 3.29. The molecule has 0 aliphatic heterocycles. The molecular weight excluding hydrogens is 272 g/mol. The monoisotopic (exact) mass is 279 g/mol. The fourth-order valence-corrected chi connectivity index (χ4v) is 1.31. The summed E-state index contributed by atoms with van der Waals surface area (Å²) in [7, 11) is 0. The van der Waals surface area contributed by atoms with Gasteiger partial charge in [-0.3, -0.25) is 0 Å².